The van der Waals surface area contributed by atoms with Gasteiger partial charge in [-0.15, -0.1) is 11.3 Å². The van der Waals surface area contributed by atoms with Crippen LogP contribution in [-0.2, 0) is 44.5 Å². The van der Waals surface area contributed by atoms with Crippen LogP contribution >= 0.6 is 11.3 Å². The third-order valence-electron chi connectivity index (χ3n) is 12.3. The number of amides is 2. The number of carbonyl (C=O) groups excluding carboxylic acids is 4. The van der Waals surface area contributed by atoms with E-state index in [0.29, 0.717) is 25.8 Å². The number of hydrogen-bond acceptors (Lipinski definition) is 15. The first-order valence-corrected chi connectivity index (χ1v) is 21.6. The molecule has 17 heteroatoms. The van der Waals surface area contributed by atoms with E-state index in [-0.39, 0.29) is 30.9 Å². The first-order chi connectivity index (χ1) is 27.8. The number of ether oxygens (including phenoxy) is 5. The summed E-state index contributed by atoms with van der Waals surface area (Å²) in [6.07, 6.45) is 0.464. The molecule has 5 heterocycles. The smallest absolute Gasteiger partial charge is 0.425 e. The van der Waals surface area contributed by atoms with Crippen molar-refractivity contribution in [3.05, 3.63) is 35.6 Å². The SMILES string of the molecule is CC[C@H]1OC(=O)[C@H](C)C(=O)[C@H](C)[C@@H](O[C@@H]2O[C@H](C)C[C@H](N(C)C)[C@H]2O)[C@@](C)(OC)C[C@@H](C)C(=O)NC(C)[C@H]2N(NCCCc3csc(-c4cccnc4)n3)C(=O)O[C@]12C. The average Bonchev–Trinajstić information content (AvgIpc) is 3.78. The van der Waals surface area contributed by atoms with Crippen molar-refractivity contribution >= 4 is 35.1 Å². The molecule has 5 rings (SSSR count). The molecule has 13 atom stereocenters. The Morgan fingerprint density at radius 3 is 2.51 bits per heavy atom. The normalized spacial score (nSPS) is 36.4. The molecule has 16 nitrogen and oxygen atoms in total. The summed E-state index contributed by atoms with van der Waals surface area (Å²) >= 11 is 1.54. The fourth-order valence-corrected chi connectivity index (χ4v) is 9.72. The van der Waals surface area contributed by atoms with Gasteiger partial charge in [0.05, 0.1) is 29.5 Å². The maximum Gasteiger partial charge on any atom is 0.425 e. The molecule has 3 fully saturated rings. The molecule has 3 saturated heterocycles. The maximum atomic E-state index is 14.4. The van der Waals surface area contributed by atoms with Gasteiger partial charge in [0.1, 0.15) is 29.2 Å². The number of nitrogens with zero attached hydrogens (tertiary/aromatic N) is 4. The second-order valence-corrected chi connectivity index (χ2v) is 17.9. The highest BCUT2D eigenvalue weighted by atomic mass is 32.1. The number of aryl methyl sites for hydroxylation is 1. The minimum absolute atomic E-state index is 0.0919. The van der Waals surface area contributed by atoms with E-state index in [1.165, 1.54) is 30.4 Å². The summed E-state index contributed by atoms with van der Waals surface area (Å²) in [5.74, 6) is -4.54. The highest BCUT2D eigenvalue weighted by molar-refractivity contribution is 7.13. The molecule has 59 heavy (non-hydrogen) atoms. The number of aliphatic hydroxyl groups excluding tert-OH is 1. The van der Waals surface area contributed by atoms with E-state index in [9.17, 15) is 24.3 Å². The highest BCUT2D eigenvalue weighted by Gasteiger charge is 2.59. The second kappa shape index (κ2) is 19.4. The molecule has 0 radical (unpaired) electrons. The monoisotopic (exact) mass is 844 g/mol. The molecule has 0 spiro atoms. The largest absolute Gasteiger partial charge is 0.457 e. The van der Waals surface area contributed by atoms with Crippen LogP contribution in [0.5, 0.6) is 0 Å². The van der Waals surface area contributed by atoms with Crippen molar-refractivity contribution in [1.29, 1.82) is 0 Å². The van der Waals surface area contributed by atoms with Crippen LogP contribution in [0.1, 0.15) is 86.8 Å². The molecule has 2 amide bonds. The van der Waals surface area contributed by atoms with Crippen LogP contribution in [0, 0.1) is 17.8 Å². The van der Waals surface area contributed by atoms with E-state index < -0.39 is 83.5 Å². The van der Waals surface area contributed by atoms with Crippen molar-refractivity contribution in [1.82, 2.24) is 30.6 Å². The number of pyridine rings is 1. The van der Waals surface area contributed by atoms with Crippen LogP contribution in [0.15, 0.2) is 29.9 Å². The Bertz CT molecular complexity index is 1770. The lowest BCUT2D eigenvalue weighted by Gasteiger charge is -2.46. The van der Waals surface area contributed by atoms with Gasteiger partial charge in [-0.2, -0.15) is 0 Å². The van der Waals surface area contributed by atoms with E-state index in [4.69, 9.17) is 28.7 Å². The first-order valence-electron chi connectivity index (χ1n) is 20.7. The third kappa shape index (κ3) is 10.1. The molecule has 3 N–H and O–H groups in total. The number of likely N-dealkylation sites (N-methyl/N-ethyl adjacent to an activating group) is 1. The molecule has 3 aliphatic rings. The zero-order valence-electron chi connectivity index (χ0n) is 36.3. The van der Waals surface area contributed by atoms with Gasteiger partial charge in [-0.3, -0.25) is 19.4 Å². The predicted octanol–water partition coefficient (Wildman–Crippen LogP) is 4.15. The van der Waals surface area contributed by atoms with Crippen molar-refractivity contribution in [2.24, 2.45) is 17.8 Å². The number of hydrogen-bond donors (Lipinski definition) is 3. The molecule has 2 aromatic heterocycles. The lowest BCUT2D eigenvalue weighted by Crippen LogP contribution is -2.63. The van der Waals surface area contributed by atoms with Gasteiger partial charge in [0, 0.05) is 54.9 Å². The Hall–Kier alpha value is -3.58. The highest BCUT2D eigenvalue weighted by Crippen LogP contribution is 2.40. The number of nitrogens with one attached hydrogen (secondary N) is 2. The van der Waals surface area contributed by atoms with Crippen molar-refractivity contribution in [3.8, 4) is 10.6 Å². The number of cyclic esters (lactones) is 1. The molecule has 0 saturated carbocycles. The van der Waals surface area contributed by atoms with Gasteiger partial charge in [0.15, 0.2) is 17.7 Å². The standard InChI is InChI=1S/C42H64N6O10S/c1-12-31-42(8)34(48(40(53)58-42)44-18-14-16-29-22-59-37(46-29)28-15-13-17-43-21-28)27(6)45-36(51)23(2)20-41(7,54-11)35(25(4)32(49)26(5)38(52)56-31)57-39-33(50)30(47(9)10)19-24(3)55-39/h13,15,17,21-27,30-31,33-35,39,44,50H,12,14,16,18-20H2,1-11H3,(H,45,51)/t23-,24-,25+,26-,27?,30+,31-,33-,34-,35-,39+,41+,42-/m1/s1. The Morgan fingerprint density at radius 1 is 1.14 bits per heavy atom. The Labute approximate surface area is 352 Å². The molecular weight excluding hydrogens is 781 g/mol. The molecule has 0 bridgehead atoms. The predicted molar refractivity (Wildman–Crippen MR) is 220 cm³/mol. The van der Waals surface area contributed by atoms with Gasteiger partial charge in [-0.1, -0.05) is 20.8 Å². The summed E-state index contributed by atoms with van der Waals surface area (Å²) in [6, 6.07) is 2.00. The first kappa shape index (κ1) is 46.5. The Balaban J connectivity index is 1.41. The van der Waals surface area contributed by atoms with Crippen LogP contribution in [-0.4, -0.2) is 137 Å². The summed E-state index contributed by atoms with van der Waals surface area (Å²) in [4.78, 5) is 67.1. The van der Waals surface area contributed by atoms with Crippen LogP contribution in [0.4, 0.5) is 4.79 Å². The van der Waals surface area contributed by atoms with Crippen LogP contribution in [0.2, 0.25) is 0 Å². The number of carbonyl (C=O) groups is 4. The summed E-state index contributed by atoms with van der Waals surface area (Å²) in [5, 5.41) is 18.8. The van der Waals surface area contributed by atoms with Gasteiger partial charge < -0.3 is 39.0 Å². The van der Waals surface area contributed by atoms with E-state index in [1.807, 2.05) is 43.4 Å². The maximum absolute atomic E-state index is 14.4. The van der Waals surface area contributed by atoms with Crippen molar-refractivity contribution in [2.45, 2.75) is 148 Å². The molecule has 3 aliphatic heterocycles. The van der Waals surface area contributed by atoms with E-state index in [2.05, 4.69) is 15.7 Å². The minimum atomic E-state index is -1.44. The van der Waals surface area contributed by atoms with Crippen molar-refractivity contribution in [3.63, 3.8) is 0 Å². The number of ketones is 1. The average molecular weight is 845 g/mol. The van der Waals surface area contributed by atoms with Crippen LogP contribution in [0.3, 0.4) is 0 Å². The van der Waals surface area contributed by atoms with Crippen molar-refractivity contribution in [2.75, 3.05) is 27.7 Å². The van der Waals surface area contributed by atoms with Gasteiger partial charge in [0.2, 0.25) is 5.91 Å². The number of aromatic nitrogens is 2. The zero-order valence-corrected chi connectivity index (χ0v) is 37.1. The number of aliphatic hydroxyl groups is 1. The van der Waals surface area contributed by atoms with Gasteiger partial charge >= 0.3 is 12.1 Å². The third-order valence-corrected chi connectivity index (χ3v) is 13.2. The summed E-state index contributed by atoms with van der Waals surface area (Å²) in [6.45, 7) is 14.2. The molecule has 1 unspecified atom stereocenters. The molecule has 328 valence electrons. The van der Waals surface area contributed by atoms with Gasteiger partial charge in [-0.05, 0) is 93.0 Å². The number of methoxy groups -OCH3 is 1. The molecular formula is C42H64N6O10S. The van der Waals surface area contributed by atoms with Gasteiger partial charge in [0.25, 0.3) is 0 Å². The molecule has 2 aromatic rings. The number of thiazole rings is 1. The number of rotatable bonds is 11. The quantitative estimate of drug-likeness (QED) is 0.166. The number of fused-ring (bicyclic) bond motifs is 1. The summed E-state index contributed by atoms with van der Waals surface area (Å²) in [5.41, 5.74) is 2.36. The zero-order chi connectivity index (χ0) is 43.4. The second-order valence-electron chi connectivity index (χ2n) is 17.1. The fourth-order valence-electron chi connectivity index (χ4n) is 8.88. The fraction of sp³-hybridized carbons (Fsp3) is 0.714. The lowest BCUT2D eigenvalue weighted by molar-refractivity contribution is -0.295. The van der Waals surface area contributed by atoms with E-state index >= 15 is 0 Å². The number of Topliss-reactive ketones (excluding diaryl/α,β-unsaturated/α-hetero) is 1. The van der Waals surface area contributed by atoms with Crippen molar-refractivity contribution < 1.29 is 48.0 Å². The molecule has 0 aliphatic carbocycles. The summed E-state index contributed by atoms with van der Waals surface area (Å²) < 4.78 is 31.1. The minimum Gasteiger partial charge on any atom is -0.457 e. The Kier molecular flexibility index (Phi) is 15.3. The molecule has 0 aromatic carbocycles. The number of hydrazine groups is 1. The van der Waals surface area contributed by atoms with E-state index in [0.717, 1.165) is 16.3 Å². The lowest BCUT2D eigenvalue weighted by atomic mass is 9.78. The van der Waals surface area contributed by atoms with Gasteiger partial charge in [-0.25, -0.2) is 20.2 Å². The van der Waals surface area contributed by atoms with Crippen LogP contribution < -0.4 is 10.7 Å². The van der Waals surface area contributed by atoms with E-state index in [1.54, 1.807) is 53.9 Å². The number of esters is 1. The topological polar surface area (TPSA) is 191 Å². The van der Waals surface area contributed by atoms with Crippen LogP contribution in [0.25, 0.3) is 10.6 Å². The Morgan fingerprint density at radius 2 is 1.86 bits per heavy atom. The summed E-state index contributed by atoms with van der Waals surface area (Å²) in [7, 11) is 5.21.